The van der Waals surface area contributed by atoms with E-state index in [0.29, 0.717) is 16.8 Å². The lowest BCUT2D eigenvalue weighted by Gasteiger charge is -2.23. The molecule has 0 spiro atoms. The monoisotopic (exact) mass is 435 g/mol. The third kappa shape index (κ3) is 5.47. The van der Waals surface area contributed by atoms with Crippen LogP contribution in [0.4, 0.5) is 5.69 Å². The molecule has 1 aliphatic heterocycles. The van der Waals surface area contributed by atoms with Crippen LogP contribution in [0.2, 0.25) is 0 Å². The number of H-pyrrole nitrogens is 1. The molecule has 154 valence electrons. The van der Waals surface area contributed by atoms with Crippen LogP contribution in [0.25, 0.3) is 11.0 Å². The van der Waals surface area contributed by atoms with Crippen LogP contribution in [0.1, 0.15) is 33.6 Å². The molecule has 7 nitrogen and oxygen atoms in total. The van der Waals surface area contributed by atoms with E-state index in [-0.39, 0.29) is 42.7 Å². The van der Waals surface area contributed by atoms with Gasteiger partial charge in [-0.3, -0.25) is 9.59 Å². The first-order chi connectivity index (χ1) is 13.2. The highest BCUT2D eigenvalue weighted by molar-refractivity contribution is 6.06. The highest BCUT2D eigenvalue weighted by atomic mass is 35.5. The molecule has 1 aliphatic rings. The van der Waals surface area contributed by atoms with Crippen molar-refractivity contribution in [1.82, 2.24) is 20.6 Å². The molecule has 1 fully saturated rings. The number of benzene rings is 2. The van der Waals surface area contributed by atoms with Gasteiger partial charge in [-0.25, -0.2) is 4.98 Å². The maximum atomic E-state index is 12.5. The Labute approximate surface area is 180 Å². The van der Waals surface area contributed by atoms with Gasteiger partial charge in [-0.1, -0.05) is 6.07 Å². The average molecular weight is 436 g/mol. The molecular formula is C20H23Cl2N5O2. The van der Waals surface area contributed by atoms with E-state index in [1.807, 2.05) is 0 Å². The summed E-state index contributed by atoms with van der Waals surface area (Å²) in [6.45, 7) is 1.79. The summed E-state index contributed by atoms with van der Waals surface area (Å²) >= 11 is 0. The number of nitrogens with zero attached hydrogens (tertiary/aromatic N) is 1. The molecular weight excluding hydrogens is 413 g/mol. The fourth-order valence-electron chi connectivity index (χ4n) is 3.26. The zero-order valence-corrected chi connectivity index (χ0v) is 17.2. The van der Waals surface area contributed by atoms with Crippen LogP contribution in [0, 0.1) is 0 Å². The van der Waals surface area contributed by atoms with Gasteiger partial charge in [0.15, 0.2) is 0 Å². The topological polar surface area (TPSA) is 98.9 Å². The number of amides is 2. The predicted molar refractivity (Wildman–Crippen MR) is 118 cm³/mol. The summed E-state index contributed by atoms with van der Waals surface area (Å²) in [4.78, 5) is 32.1. The van der Waals surface area contributed by atoms with E-state index in [9.17, 15) is 9.59 Å². The minimum atomic E-state index is -0.236. The molecule has 9 heteroatoms. The van der Waals surface area contributed by atoms with Gasteiger partial charge in [0.25, 0.3) is 11.8 Å². The summed E-state index contributed by atoms with van der Waals surface area (Å²) in [5.74, 6) is -0.362. The molecule has 0 bridgehead atoms. The number of piperidine rings is 1. The van der Waals surface area contributed by atoms with Gasteiger partial charge in [-0.05, 0) is 55.8 Å². The molecule has 1 saturated heterocycles. The zero-order chi connectivity index (χ0) is 18.6. The second-order valence-electron chi connectivity index (χ2n) is 6.69. The lowest BCUT2D eigenvalue weighted by Crippen LogP contribution is -2.45. The molecule has 0 radical (unpaired) electrons. The minimum absolute atomic E-state index is 0. The smallest absolute Gasteiger partial charge is 0.255 e. The first kappa shape index (κ1) is 22.7. The Kier molecular flexibility index (Phi) is 8.01. The minimum Gasteiger partial charge on any atom is -0.348 e. The number of aromatic nitrogens is 2. The molecule has 0 saturated carbocycles. The molecule has 3 aromatic rings. The van der Waals surface area contributed by atoms with E-state index >= 15 is 0 Å². The lowest BCUT2D eigenvalue weighted by molar-refractivity contribution is 0.0929. The Hall–Kier alpha value is -2.61. The lowest BCUT2D eigenvalue weighted by atomic mass is 10.1. The SMILES string of the molecule is Cl.Cl.O=C(Nc1cccc(C(=O)NC2CCCNC2)c1)c1ccc2nc[nH]c2c1. The average Bonchev–Trinajstić information content (AvgIpc) is 3.17. The summed E-state index contributed by atoms with van der Waals surface area (Å²) in [6, 6.07) is 12.4. The Morgan fingerprint density at radius 2 is 1.86 bits per heavy atom. The Morgan fingerprint density at radius 3 is 2.66 bits per heavy atom. The van der Waals surface area contributed by atoms with E-state index in [1.54, 1.807) is 48.8 Å². The van der Waals surface area contributed by atoms with Gasteiger partial charge in [0.05, 0.1) is 17.4 Å². The number of nitrogens with one attached hydrogen (secondary N) is 4. The van der Waals surface area contributed by atoms with Crippen LogP contribution >= 0.6 is 24.8 Å². The number of aromatic amines is 1. The predicted octanol–water partition coefficient (Wildman–Crippen LogP) is 3.14. The van der Waals surface area contributed by atoms with Gasteiger partial charge in [-0.15, -0.1) is 24.8 Å². The van der Waals surface area contributed by atoms with Crippen LogP contribution in [-0.4, -0.2) is 40.9 Å². The first-order valence-corrected chi connectivity index (χ1v) is 9.05. The summed E-state index contributed by atoms with van der Waals surface area (Å²) < 4.78 is 0. The van der Waals surface area contributed by atoms with Crippen molar-refractivity contribution in [3.63, 3.8) is 0 Å². The second-order valence-corrected chi connectivity index (χ2v) is 6.69. The van der Waals surface area contributed by atoms with E-state index < -0.39 is 0 Å². The number of imidazole rings is 1. The van der Waals surface area contributed by atoms with Gasteiger partial charge >= 0.3 is 0 Å². The Balaban J connectivity index is 0.00000150. The van der Waals surface area contributed by atoms with Crippen LogP contribution in [0.3, 0.4) is 0 Å². The van der Waals surface area contributed by atoms with Crippen molar-refractivity contribution in [1.29, 1.82) is 0 Å². The maximum Gasteiger partial charge on any atom is 0.255 e. The fraction of sp³-hybridized carbons (Fsp3) is 0.250. The molecule has 4 rings (SSSR count). The molecule has 2 aromatic carbocycles. The molecule has 1 unspecified atom stereocenters. The Bertz CT molecular complexity index is 986. The molecule has 1 aromatic heterocycles. The summed E-state index contributed by atoms with van der Waals surface area (Å²) in [7, 11) is 0. The molecule has 29 heavy (non-hydrogen) atoms. The van der Waals surface area contributed by atoms with E-state index in [1.165, 1.54) is 0 Å². The van der Waals surface area contributed by atoms with Crippen molar-refractivity contribution in [3.8, 4) is 0 Å². The van der Waals surface area contributed by atoms with Crippen molar-refractivity contribution in [2.24, 2.45) is 0 Å². The van der Waals surface area contributed by atoms with E-state index in [4.69, 9.17) is 0 Å². The standard InChI is InChI=1S/C20H21N5O2.2ClH/c26-19(25-16-5-2-8-21-11-16)13-3-1-4-15(9-13)24-20(27)14-6-7-17-18(10-14)23-12-22-17;;/h1,3-4,6-7,9-10,12,16,21H,2,5,8,11H2,(H,22,23)(H,24,27)(H,25,26);2*1H. The third-order valence-electron chi connectivity index (χ3n) is 4.70. The number of carbonyl (C=O) groups excluding carboxylic acids is 2. The van der Waals surface area contributed by atoms with Crippen LogP contribution in [0.5, 0.6) is 0 Å². The largest absolute Gasteiger partial charge is 0.348 e. The van der Waals surface area contributed by atoms with Gasteiger partial charge in [0.1, 0.15) is 0 Å². The van der Waals surface area contributed by atoms with Crippen LogP contribution in [-0.2, 0) is 0 Å². The molecule has 2 heterocycles. The van der Waals surface area contributed by atoms with Gasteiger partial charge in [0.2, 0.25) is 0 Å². The van der Waals surface area contributed by atoms with Crippen molar-refractivity contribution < 1.29 is 9.59 Å². The molecule has 2 amide bonds. The van der Waals surface area contributed by atoms with Crippen molar-refractivity contribution in [2.45, 2.75) is 18.9 Å². The highest BCUT2D eigenvalue weighted by Crippen LogP contribution is 2.16. The van der Waals surface area contributed by atoms with Crippen LogP contribution < -0.4 is 16.0 Å². The quantitative estimate of drug-likeness (QED) is 0.505. The summed E-state index contributed by atoms with van der Waals surface area (Å²) in [5, 5.41) is 9.17. The van der Waals surface area contributed by atoms with Crippen molar-refractivity contribution in [3.05, 3.63) is 59.9 Å². The summed E-state index contributed by atoms with van der Waals surface area (Å²) in [5.41, 5.74) is 3.25. The summed E-state index contributed by atoms with van der Waals surface area (Å²) in [6.07, 6.45) is 3.63. The number of hydrogen-bond donors (Lipinski definition) is 4. The van der Waals surface area contributed by atoms with Gasteiger partial charge < -0.3 is 20.9 Å². The number of fused-ring (bicyclic) bond motifs is 1. The fourth-order valence-corrected chi connectivity index (χ4v) is 3.26. The van der Waals surface area contributed by atoms with E-state index in [0.717, 1.165) is 37.0 Å². The second kappa shape index (κ2) is 10.2. The normalized spacial score (nSPS) is 15.7. The number of anilines is 1. The first-order valence-electron chi connectivity index (χ1n) is 9.05. The third-order valence-corrected chi connectivity index (χ3v) is 4.70. The zero-order valence-electron chi connectivity index (χ0n) is 15.6. The molecule has 0 aliphatic carbocycles. The molecule has 1 atom stereocenters. The number of hydrogen-bond acceptors (Lipinski definition) is 4. The number of carbonyl (C=O) groups is 2. The van der Waals surface area contributed by atoms with Gasteiger partial charge in [0, 0.05) is 29.4 Å². The van der Waals surface area contributed by atoms with E-state index in [2.05, 4.69) is 25.9 Å². The van der Waals surface area contributed by atoms with Crippen LogP contribution in [0.15, 0.2) is 48.8 Å². The maximum absolute atomic E-state index is 12.5. The number of rotatable bonds is 4. The Morgan fingerprint density at radius 1 is 1.03 bits per heavy atom. The highest BCUT2D eigenvalue weighted by Gasteiger charge is 2.17. The molecule has 4 N–H and O–H groups in total. The number of halogens is 2. The van der Waals surface area contributed by atoms with Gasteiger partial charge in [-0.2, -0.15) is 0 Å². The van der Waals surface area contributed by atoms with Crippen molar-refractivity contribution >= 4 is 53.3 Å². The van der Waals surface area contributed by atoms with Crippen molar-refractivity contribution in [2.75, 3.05) is 18.4 Å².